The van der Waals surface area contributed by atoms with Crippen LogP contribution in [-0.4, -0.2) is 59.9 Å². The molecule has 30 heavy (non-hydrogen) atoms. The number of esters is 1. The third-order valence-corrected chi connectivity index (χ3v) is 6.46. The van der Waals surface area contributed by atoms with E-state index >= 15 is 0 Å². The molecule has 1 fully saturated rings. The van der Waals surface area contributed by atoms with Gasteiger partial charge in [-0.3, -0.25) is 19.3 Å². The fraction of sp³-hybridized carbons (Fsp3) is 0.333. The number of thiophene rings is 1. The van der Waals surface area contributed by atoms with Crippen molar-refractivity contribution < 1.29 is 23.9 Å². The molecule has 1 aromatic heterocycles. The van der Waals surface area contributed by atoms with Crippen LogP contribution in [0.2, 0.25) is 0 Å². The molecule has 0 saturated carbocycles. The molecule has 1 unspecified atom stereocenters. The summed E-state index contributed by atoms with van der Waals surface area (Å²) in [5.74, 6) is -1.78. The van der Waals surface area contributed by atoms with Gasteiger partial charge in [-0.2, -0.15) is 0 Å². The van der Waals surface area contributed by atoms with Gasteiger partial charge in [0.15, 0.2) is 6.61 Å². The van der Waals surface area contributed by atoms with Crippen molar-refractivity contribution >= 4 is 40.7 Å². The van der Waals surface area contributed by atoms with E-state index in [9.17, 15) is 19.2 Å². The lowest BCUT2D eigenvalue weighted by molar-refractivity contribution is -0.161. The van der Waals surface area contributed by atoms with E-state index in [0.717, 1.165) is 4.88 Å². The van der Waals surface area contributed by atoms with E-state index in [1.165, 1.54) is 33.1 Å². The summed E-state index contributed by atoms with van der Waals surface area (Å²) < 4.78 is 5.36. The molecule has 1 saturated heterocycles. The first kappa shape index (κ1) is 20.1. The summed E-state index contributed by atoms with van der Waals surface area (Å²) in [7, 11) is 3.11. The first-order chi connectivity index (χ1) is 14.4. The molecule has 2 aliphatic rings. The fourth-order valence-electron chi connectivity index (χ4n) is 3.97. The number of benzene rings is 1. The van der Waals surface area contributed by atoms with Crippen molar-refractivity contribution in [3.63, 3.8) is 0 Å². The number of likely N-dealkylation sites (N-methyl/N-ethyl adjacent to an activating group) is 2. The number of para-hydroxylation sites is 1. The second kappa shape index (κ2) is 7.56. The number of hydrogen-bond donors (Lipinski definition) is 0. The van der Waals surface area contributed by atoms with E-state index in [1.807, 2.05) is 17.5 Å². The molecule has 2 aliphatic heterocycles. The van der Waals surface area contributed by atoms with Crippen molar-refractivity contribution in [1.82, 2.24) is 9.80 Å². The Morgan fingerprint density at radius 1 is 1.20 bits per heavy atom. The van der Waals surface area contributed by atoms with Crippen molar-refractivity contribution in [1.29, 1.82) is 0 Å². The number of fused-ring (bicyclic) bond motifs is 3. The zero-order valence-corrected chi connectivity index (χ0v) is 17.5. The predicted octanol–water partition coefficient (Wildman–Crippen LogP) is 1.86. The molecule has 1 aromatic carbocycles. The first-order valence-electron chi connectivity index (χ1n) is 9.50. The van der Waals surface area contributed by atoms with Gasteiger partial charge in [0.25, 0.3) is 11.8 Å². The van der Waals surface area contributed by atoms with Crippen molar-refractivity contribution in [2.24, 2.45) is 0 Å². The summed E-state index contributed by atoms with van der Waals surface area (Å²) in [6.45, 7) is -0.0519. The van der Waals surface area contributed by atoms with Crippen LogP contribution in [0.3, 0.4) is 0 Å². The van der Waals surface area contributed by atoms with E-state index in [1.54, 1.807) is 31.3 Å². The van der Waals surface area contributed by atoms with Gasteiger partial charge < -0.3 is 14.5 Å². The Morgan fingerprint density at radius 2 is 1.97 bits per heavy atom. The number of carbonyl (C=O) groups excluding carboxylic acids is 4. The molecule has 0 radical (unpaired) electrons. The average Bonchev–Trinajstić information content (AvgIpc) is 3.38. The largest absolute Gasteiger partial charge is 0.452 e. The van der Waals surface area contributed by atoms with E-state index in [-0.39, 0.29) is 30.6 Å². The Hall–Kier alpha value is -3.20. The molecule has 3 heterocycles. The molecule has 0 spiro atoms. The molecule has 8 nitrogen and oxygen atoms in total. The molecular weight excluding hydrogens is 406 g/mol. The Kier molecular flexibility index (Phi) is 5.07. The van der Waals surface area contributed by atoms with Crippen LogP contribution in [0.1, 0.15) is 28.1 Å². The van der Waals surface area contributed by atoms with E-state index < -0.39 is 18.2 Å². The first-order valence-corrected chi connectivity index (χ1v) is 10.4. The zero-order chi connectivity index (χ0) is 21.5. The highest BCUT2D eigenvalue weighted by molar-refractivity contribution is 7.09. The minimum absolute atomic E-state index is 0.104. The average molecular weight is 427 g/mol. The Morgan fingerprint density at radius 3 is 2.70 bits per heavy atom. The predicted molar refractivity (Wildman–Crippen MR) is 110 cm³/mol. The second-order valence-corrected chi connectivity index (χ2v) is 8.36. The maximum absolute atomic E-state index is 13.2. The van der Waals surface area contributed by atoms with Crippen molar-refractivity contribution in [3.8, 4) is 0 Å². The zero-order valence-electron chi connectivity index (χ0n) is 16.7. The number of rotatable bonds is 5. The fourth-order valence-corrected chi connectivity index (χ4v) is 4.73. The van der Waals surface area contributed by atoms with Gasteiger partial charge in [-0.25, -0.2) is 4.79 Å². The van der Waals surface area contributed by atoms with Crippen molar-refractivity contribution in [2.45, 2.75) is 25.0 Å². The lowest BCUT2D eigenvalue weighted by Crippen LogP contribution is -2.67. The van der Waals surface area contributed by atoms with Crippen LogP contribution in [0.25, 0.3) is 0 Å². The number of hydrogen-bond acceptors (Lipinski definition) is 6. The quantitative estimate of drug-likeness (QED) is 0.680. The SMILES string of the molecule is CN(Cc1cccs1)C(=O)COC(=O)C12CCC(=O)N1c1ccccc1C(=O)N2C. The molecule has 1 atom stereocenters. The molecule has 156 valence electrons. The number of carbonyl (C=O) groups is 4. The molecule has 3 amide bonds. The van der Waals surface area contributed by atoms with Gasteiger partial charge in [0.1, 0.15) is 0 Å². The van der Waals surface area contributed by atoms with Crippen molar-refractivity contribution in [3.05, 3.63) is 52.2 Å². The number of anilines is 1. The van der Waals surface area contributed by atoms with E-state index in [2.05, 4.69) is 0 Å². The summed E-state index contributed by atoms with van der Waals surface area (Å²) in [4.78, 5) is 56.3. The number of nitrogens with zero attached hydrogens (tertiary/aromatic N) is 3. The normalized spacial score (nSPS) is 20.1. The Bertz CT molecular complexity index is 1020. The number of ether oxygens (including phenoxy) is 1. The third-order valence-electron chi connectivity index (χ3n) is 5.59. The van der Waals surface area contributed by atoms with Gasteiger partial charge in [0.05, 0.1) is 17.8 Å². The van der Waals surface area contributed by atoms with E-state index in [0.29, 0.717) is 17.8 Å². The van der Waals surface area contributed by atoms with Gasteiger partial charge >= 0.3 is 5.97 Å². The van der Waals surface area contributed by atoms with E-state index in [4.69, 9.17) is 4.74 Å². The second-order valence-electron chi connectivity index (χ2n) is 7.33. The highest BCUT2D eigenvalue weighted by atomic mass is 32.1. The van der Waals surface area contributed by atoms with Crippen LogP contribution >= 0.6 is 11.3 Å². The van der Waals surface area contributed by atoms with Crippen LogP contribution in [-0.2, 0) is 25.7 Å². The molecular formula is C21H21N3O5S. The standard InChI is InChI=1S/C21H21N3O5S/c1-22(12-14-6-5-11-30-14)18(26)13-29-20(28)21-10-9-17(25)24(21)16-8-4-3-7-15(16)19(27)23(21)2/h3-8,11H,9-10,12-13H2,1-2H3. The minimum Gasteiger partial charge on any atom is -0.452 e. The van der Waals surface area contributed by atoms with Crippen LogP contribution < -0.4 is 4.90 Å². The number of amides is 3. The van der Waals surface area contributed by atoms with Crippen LogP contribution in [0, 0.1) is 0 Å². The summed E-state index contributed by atoms with van der Waals surface area (Å²) in [5.41, 5.74) is -0.832. The summed E-state index contributed by atoms with van der Waals surface area (Å²) in [5, 5.41) is 1.92. The smallest absolute Gasteiger partial charge is 0.354 e. The molecule has 0 aliphatic carbocycles. The molecule has 9 heteroatoms. The lowest BCUT2D eigenvalue weighted by atomic mass is 9.97. The Labute approximate surface area is 177 Å². The molecule has 0 bridgehead atoms. The van der Waals surface area contributed by atoms with Crippen molar-refractivity contribution in [2.75, 3.05) is 25.6 Å². The van der Waals surface area contributed by atoms with Gasteiger partial charge in [0, 0.05) is 31.8 Å². The molecule has 2 aromatic rings. The van der Waals surface area contributed by atoms with Gasteiger partial charge in [-0.1, -0.05) is 18.2 Å². The maximum atomic E-state index is 13.2. The highest BCUT2D eigenvalue weighted by Crippen LogP contribution is 2.44. The maximum Gasteiger partial charge on any atom is 0.354 e. The van der Waals surface area contributed by atoms with Crippen LogP contribution in [0.4, 0.5) is 5.69 Å². The Balaban J connectivity index is 1.54. The van der Waals surface area contributed by atoms with Gasteiger partial charge in [-0.05, 0) is 23.6 Å². The summed E-state index contributed by atoms with van der Waals surface area (Å²) in [6.07, 6.45) is 0.216. The van der Waals surface area contributed by atoms with Crippen LogP contribution in [0.15, 0.2) is 41.8 Å². The minimum atomic E-state index is -1.57. The van der Waals surface area contributed by atoms with Gasteiger partial charge in [0.2, 0.25) is 11.6 Å². The monoisotopic (exact) mass is 427 g/mol. The highest BCUT2D eigenvalue weighted by Gasteiger charge is 2.60. The summed E-state index contributed by atoms with van der Waals surface area (Å²) in [6, 6.07) is 10.5. The van der Waals surface area contributed by atoms with Gasteiger partial charge in [-0.15, -0.1) is 11.3 Å². The molecule has 0 N–H and O–H groups in total. The summed E-state index contributed by atoms with van der Waals surface area (Å²) >= 11 is 1.53. The molecule has 4 rings (SSSR count). The topological polar surface area (TPSA) is 87.2 Å². The van der Waals surface area contributed by atoms with Crippen LogP contribution in [0.5, 0.6) is 0 Å². The third kappa shape index (κ3) is 3.06. The lowest BCUT2D eigenvalue weighted by Gasteiger charge is -2.46.